The van der Waals surface area contributed by atoms with Crippen LogP contribution in [0.5, 0.6) is 0 Å². The standard InChI is InChI=1S/C42H90O20Si7/c1-63(45,46)60-69(61-64(2,47)48,62-65(3,49)50)17-7-11-36-27-34-12-13-35(34)28-39-22-30(9-5-15-67(54,55)56)21-37(41(39)43)24-32-18-29(8-4-14-66(51,52)53)19-33(20-32)25-38-23-31(26-40(36)42(38)44)10-6-16-68(57,58)59/h29-59H,4-28H2,1-3H3. The number of aliphatic hydroxyl groups excluding tert-OH is 2. The number of hydrogen-bond donors (Lipinski definition) is 17. The van der Waals surface area contributed by atoms with Crippen molar-refractivity contribution in [3.63, 3.8) is 0 Å². The fourth-order valence-electron chi connectivity index (χ4n) is 14.1. The third-order valence-electron chi connectivity index (χ3n) is 16.5. The average Bonchev–Trinajstić information content (AvgIpc) is 3.13. The van der Waals surface area contributed by atoms with Gasteiger partial charge >= 0.3 is 61.6 Å². The topological polar surface area (TPSA) is 372 Å². The van der Waals surface area contributed by atoms with E-state index in [9.17, 15) is 82.1 Å². The molecule has 5 rings (SSSR count). The van der Waals surface area contributed by atoms with Crippen molar-refractivity contribution in [3.05, 3.63) is 0 Å². The van der Waals surface area contributed by atoms with E-state index >= 15 is 0 Å². The Bertz CT molecular complexity index is 1510. The van der Waals surface area contributed by atoms with Crippen LogP contribution in [0.3, 0.4) is 0 Å². The molecule has 6 bridgehead atoms. The van der Waals surface area contributed by atoms with E-state index in [-0.39, 0.29) is 102 Å². The van der Waals surface area contributed by atoms with Gasteiger partial charge in [0.25, 0.3) is 0 Å². The van der Waals surface area contributed by atoms with Gasteiger partial charge in [-0.1, -0.05) is 25.7 Å². The molecular formula is C42H90O20Si7. The summed E-state index contributed by atoms with van der Waals surface area (Å²) < 4.78 is 16.9. The van der Waals surface area contributed by atoms with Crippen molar-refractivity contribution in [1.29, 1.82) is 0 Å². The van der Waals surface area contributed by atoms with Gasteiger partial charge in [-0.2, -0.15) is 0 Å². The molecule has 0 amide bonds. The quantitative estimate of drug-likeness (QED) is 0.0665. The predicted octanol–water partition coefficient (Wildman–Crippen LogP) is 0.759. The van der Waals surface area contributed by atoms with Crippen LogP contribution in [0.2, 0.25) is 43.8 Å². The molecule has 14 atom stereocenters. The highest BCUT2D eigenvalue weighted by Gasteiger charge is 2.57. The normalized spacial score (nSPS) is 34.8. The Labute approximate surface area is 416 Å². The zero-order chi connectivity index (χ0) is 51.4. The largest absolute Gasteiger partial charge is 0.492 e. The molecule has 0 heterocycles. The summed E-state index contributed by atoms with van der Waals surface area (Å²) in [5, 5.41) is 25.0. The Kier molecular flexibility index (Phi) is 21.8. The minimum absolute atomic E-state index is 0.00254. The molecule has 20 nitrogen and oxygen atoms in total. The van der Waals surface area contributed by atoms with E-state index in [1.165, 1.54) is 0 Å². The Morgan fingerprint density at radius 3 is 1.13 bits per heavy atom. The van der Waals surface area contributed by atoms with Crippen LogP contribution in [0.25, 0.3) is 0 Å². The maximum Gasteiger partial charge on any atom is 0.492 e. The van der Waals surface area contributed by atoms with E-state index in [1.807, 2.05) is 0 Å². The average molecular weight is 1110 g/mol. The highest BCUT2D eigenvalue weighted by atomic mass is 28.5. The van der Waals surface area contributed by atoms with Gasteiger partial charge in [-0.05, 0) is 180 Å². The second-order valence-corrected chi connectivity index (χ2v) is 39.5. The Hall–Kier alpha value is 0.718. The van der Waals surface area contributed by atoms with Crippen molar-refractivity contribution in [1.82, 2.24) is 0 Å². The molecule has 69 heavy (non-hydrogen) atoms. The van der Waals surface area contributed by atoms with Crippen LogP contribution >= 0.6 is 0 Å². The van der Waals surface area contributed by atoms with Crippen LogP contribution in [0.4, 0.5) is 0 Å². The third kappa shape index (κ3) is 21.3. The van der Waals surface area contributed by atoms with Gasteiger partial charge in [-0.3, -0.25) is 0 Å². The molecule has 0 saturated heterocycles. The van der Waals surface area contributed by atoms with Crippen LogP contribution in [0.1, 0.15) is 135 Å². The first-order chi connectivity index (χ1) is 31.6. The van der Waals surface area contributed by atoms with Crippen LogP contribution in [-0.2, 0) is 12.3 Å². The van der Waals surface area contributed by atoms with Gasteiger partial charge in [0.15, 0.2) is 0 Å². The van der Waals surface area contributed by atoms with Crippen molar-refractivity contribution >= 4 is 61.6 Å². The first-order valence-electron chi connectivity index (χ1n) is 25.9. The second kappa shape index (κ2) is 24.8. The van der Waals surface area contributed by atoms with Gasteiger partial charge in [0.2, 0.25) is 0 Å². The lowest BCUT2D eigenvalue weighted by Crippen LogP contribution is -2.64. The van der Waals surface area contributed by atoms with Gasteiger partial charge in [0, 0.05) is 43.8 Å². The SMILES string of the molecule is C[Si](O)(O)O[Si](CCCC1CC2CCC2CC2CC(CCC[Si](O)(O)O)CC(CC3CC(CCC[Si](O)(O)O)CC(C3)CC3CC(CCC[Si](O)(O)O)CC1C3O)C2O)(O[Si](C)(O)O)O[Si](C)(O)O. The Balaban J connectivity index is 1.51. The number of fused-ring (bicyclic) bond motifs is 7. The second-order valence-electron chi connectivity index (χ2n) is 23.4. The van der Waals surface area contributed by atoms with Crippen molar-refractivity contribution in [2.24, 2.45) is 71.0 Å². The van der Waals surface area contributed by atoms with E-state index in [1.54, 1.807) is 0 Å². The zero-order valence-electron chi connectivity index (χ0n) is 41.1. The minimum Gasteiger partial charge on any atom is -0.393 e. The molecule has 14 unspecified atom stereocenters. The number of aliphatic hydroxyl groups is 2. The molecular weight excluding hydrogens is 1020 g/mol. The van der Waals surface area contributed by atoms with Gasteiger partial charge in [-0.15, -0.1) is 0 Å². The highest BCUT2D eigenvalue weighted by Crippen LogP contribution is 2.54. The smallest absolute Gasteiger partial charge is 0.393 e. The summed E-state index contributed by atoms with van der Waals surface area (Å²) in [6.45, 7) is 3.03. The Morgan fingerprint density at radius 1 is 0.362 bits per heavy atom. The maximum absolute atomic E-state index is 12.7. The molecule has 5 fully saturated rings. The third-order valence-corrected chi connectivity index (χ3v) is 29.0. The first-order valence-corrected chi connectivity index (χ1v) is 40.9. The summed E-state index contributed by atoms with van der Waals surface area (Å²) in [4.78, 5) is 152. The van der Waals surface area contributed by atoms with E-state index in [0.717, 1.165) is 77.4 Å². The molecule has 0 spiro atoms. The van der Waals surface area contributed by atoms with E-state index in [0.29, 0.717) is 70.6 Å². The molecule has 5 saturated carbocycles. The number of rotatable bonds is 22. The molecule has 0 aromatic carbocycles. The van der Waals surface area contributed by atoms with Gasteiger partial charge in [-0.25, -0.2) is 0 Å². The molecule has 0 aromatic rings. The number of hydrogen-bond acceptors (Lipinski definition) is 20. The van der Waals surface area contributed by atoms with Crippen LogP contribution in [-0.4, -0.2) is 156 Å². The maximum atomic E-state index is 12.7. The van der Waals surface area contributed by atoms with E-state index < -0.39 is 73.8 Å². The van der Waals surface area contributed by atoms with Crippen molar-refractivity contribution in [2.75, 3.05) is 0 Å². The van der Waals surface area contributed by atoms with Crippen LogP contribution < -0.4 is 0 Å². The lowest BCUT2D eigenvalue weighted by atomic mass is 9.57. The molecule has 5 aliphatic rings. The minimum atomic E-state index is -4.62. The molecule has 0 radical (unpaired) electrons. The summed E-state index contributed by atoms with van der Waals surface area (Å²) in [7, 11) is -31.0. The summed E-state index contributed by atoms with van der Waals surface area (Å²) in [5.41, 5.74) is 0. The van der Waals surface area contributed by atoms with Crippen molar-refractivity contribution < 1.29 is 94.5 Å². The molecule has 5 aliphatic carbocycles. The van der Waals surface area contributed by atoms with Crippen LogP contribution in [0, 0.1) is 71.0 Å². The monoisotopic (exact) mass is 1110 g/mol. The summed E-state index contributed by atoms with van der Waals surface area (Å²) >= 11 is 0. The van der Waals surface area contributed by atoms with E-state index in [2.05, 4.69) is 0 Å². The molecule has 0 aliphatic heterocycles. The zero-order valence-corrected chi connectivity index (χ0v) is 48.1. The molecule has 406 valence electrons. The fraction of sp³-hybridized carbons (Fsp3) is 1.00. The van der Waals surface area contributed by atoms with Gasteiger partial charge < -0.3 is 94.5 Å². The summed E-state index contributed by atoms with van der Waals surface area (Å²) in [6, 6.07) is -0.433. The summed E-state index contributed by atoms with van der Waals surface area (Å²) in [6.07, 6.45) is 13.0. The van der Waals surface area contributed by atoms with Crippen molar-refractivity contribution in [2.45, 2.75) is 191 Å². The lowest BCUT2D eigenvalue weighted by Gasteiger charge is -2.50. The Morgan fingerprint density at radius 2 is 0.725 bits per heavy atom. The van der Waals surface area contributed by atoms with Gasteiger partial charge in [0.1, 0.15) is 0 Å². The molecule has 27 heteroatoms. The van der Waals surface area contributed by atoms with Crippen molar-refractivity contribution in [3.8, 4) is 0 Å². The van der Waals surface area contributed by atoms with Gasteiger partial charge in [0.05, 0.1) is 12.2 Å². The van der Waals surface area contributed by atoms with Crippen LogP contribution in [0.15, 0.2) is 0 Å². The summed E-state index contributed by atoms with van der Waals surface area (Å²) in [5.74, 6) is 0.912. The molecule has 17 N–H and O–H groups in total. The molecule has 0 aromatic heterocycles. The highest BCUT2D eigenvalue weighted by molar-refractivity contribution is 6.83. The first kappa shape index (κ1) is 60.6. The fourth-order valence-corrected chi connectivity index (χ4v) is 26.7. The lowest BCUT2D eigenvalue weighted by molar-refractivity contribution is -0.0660. The van der Waals surface area contributed by atoms with E-state index in [4.69, 9.17) is 12.3 Å². The predicted molar refractivity (Wildman–Crippen MR) is 264 cm³/mol.